The van der Waals surface area contributed by atoms with E-state index in [1.807, 2.05) is 6.92 Å². The average Bonchev–Trinajstić information content (AvgIpc) is 2.89. The van der Waals surface area contributed by atoms with E-state index in [0.717, 1.165) is 5.69 Å². The standard InChI is InChI=1S/C21H19FN4O/c1-12-8-20(25-15(4)24-12)19(11-23)21(27)18-9-13(2)26(14(18)3)17-7-5-6-16(22)10-17/h5-10,19H,1-4H3/t19-/m0/s1. The summed E-state index contributed by atoms with van der Waals surface area (Å²) in [5.74, 6) is -1.18. The average molecular weight is 362 g/mol. The van der Waals surface area contributed by atoms with Crippen molar-refractivity contribution in [3.63, 3.8) is 0 Å². The molecular weight excluding hydrogens is 343 g/mol. The van der Waals surface area contributed by atoms with Crippen LogP contribution in [0.4, 0.5) is 4.39 Å². The van der Waals surface area contributed by atoms with E-state index in [1.165, 1.54) is 12.1 Å². The summed E-state index contributed by atoms with van der Waals surface area (Å²) in [5.41, 5.74) is 3.60. The number of aromatic nitrogens is 3. The molecule has 3 rings (SSSR count). The Hall–Kier alpha value is -3.33. The van der Waals surface area contributed by atoms with Gasteiger partial charge in [0.2, 0.25) is 0 Å². The Morgan fingerprint density at radius 1 is 1.15 bits per heavy atom. The van der Waals surface area contributed by atoms with E-state index in [9.17, 15) is 14.4 Å². The third-order valence-electron chi connectivity index (χ3n) is 4.44. The number of hydrogen-bond acceptors (Lipinski definition) is 4. The number of aryl methyl sites for hydroxylation is 3. The monoisotopic (exact) mass is 362 g/mol. The Morgan fingerprint density at radius 3 is 2.52 bits per heavy atom. The Kier molecular flexibility index (Phi) is 4.87. The summed E-state index contributed by atoms with van der Waals surface area (Å²) >= 11 is 0. The first kappa shape index (κ1) is 18.5. The van der Waals surface area contributed by atoms with Crippen LogP contribution in [0.15, 0.2) is 36.4 Å². The third kappa shape index (κ3) is 3.49. The molecule has 0 aliphatic carbocycles. The summed E-state index contributed by atoms with van der Waals surface area (Å²) in [7, 11) is 0. The summed E-state index contributed by atoms with van der Waals surface area (Å²) in [6, 6.07) is 11.6. The van der Waals surface area contributed by atoms with Crippen molar-refractivity contribution in [2.24, 2.45) is 0 Å². The van der Waals surface area contributed by atoms with Crippen LogP contribution in [0.25, 0.3) is 5.69 Å². The zero-order valence-electron chi connectivity index (χ0n) is 15.6. The minimum absolute atomic E-state index is 0.328. The number of carbonyl (C=O) groups excluding carboxylic acids is 1. The van der Waals surface area contributed by atoms with Crippen molar-refractivity contribution in [1.29, 1.82) is 5.26 Å². The van der Waals surface area contributed by atoms with Gasteiger partial charge in [0.25, 0.3) is 0 Å². The van der Waals surface area contributed by atoms with Crippen LogP contribution < -0.4 is 0 Å². The fourth-order valence-electron chi connectivity index (χ4n) is 3.33. The Morgan fingerprint density at radius 2 is 1.89 bits per heavy atom. The van der Waals surface area contributed by atoms with Crippen LogP contribution in [-0.2, 0) is 0 Å². The molecule has 5 nitrogen and oxygen atoms in total. The maximum Gasteiger partial charge on any atom is 0.187 e. The van der Waals surface area contributed by atoms with E-state index in [4.69, 9.17) is 0 Å². The molecular formula is C21H19FN4O. The van der Waals surface area contributed by atoms with Gasteiger partial charge in [0.05, 0.1) is 11.8 Å². The van der Waals surface area contributed by atoms with E-state index >= 15 is 0 Å². The zero-order chi connectivity index (χ0) is 19.7. The number of rotatable bonds is 4. The quantitative estimate of drug-likeness (QED) is 0.654. The molecule has 0 spiro atoms. The predicted octanol–water partition coefficient (Wildman–Crippen LogP) is 4.13. The molecule has 6 heteroatoms. The number of nitriles is 1. The second-order valence-corrected chi connectivity index (χ2v) is 6.51. The molecule has 0 aliphatic heterocycles. The van der Waals surface area contributed by atoms with Crippen LogP contribution in [0.5, 0.6) is 0 Å². The molecule has 27 heavy (non-hydrogen) atoms. The topological polar surface area (TPSA) is 71.6 Å². The number of nitrogens with zero attached hydrogens (tertiary/aromatic N) is 4. The Bertz CT molecular complexity index is 1060. The molecule has 2 heterocycles. The van der Waals surface area contributed by atoms with Gasteiger partial charge in [-0.1, -0.05) is 6.07 Å². The maximum absolute atomic E-state index is 13.6. The number of halogens is 1. The molecule has 0 radical (unpaired) electrons. The minimum Gasteiger partial charge on any atom is -0.318 e. The van der Waals surface area contributed by atoms with Crippen LogP contribution in [-0.4, -0.2) is 20.3 Å². The molecule has 0 aliphatic rings. The van der Waals surface area contributed by atoms with Crippen LogP contribution >= 0.6 is 0 Å². The number of Topliss-reactive ketones (excluding diaryl/α,β-unsaturated/α-hetero) is 1. The van der Waals surface area contributed by atoms with Crippen LogP contribution in [0.2, 0.25) is 0 Å². The highest BCUT2D eigenvalue weighted by molar-refractivity contribution is 6.03. The lowest BCUT2D eigenvalue weighted by Crippen LogP contribution is -2.15. The van der Waals surface area contributed by atoms with Gasteiger partial charge in [-0.15, -0.1) is 0 Å². The first-order chi connectivity index (χ1) is 12.8. The van der Waals surface area contributed by atoms with Crippen molar-refractivity contribution in [3.05, 3.63) is 76.4 Å². The number of ketones is 1. The molecule has 0 saturated carbocycles. The third-order valence-corrected chi connectivity index (χ3v) is 4.44. The summed E-state index contributed by atoms with van der Waals surface area (Å²) in [6.45, 7) is 7.16. The van der Waals surface area contributed by atoms with Crippen LogP contribution in [0, 0.1) is 44.8 Å². The summed E-state index contributed by atoms with van der Waals surface area (Å²) < 4.78 is 15.4. The fraction of sp³-hybridized carbons (Fsp3) is 0.238. The molecule has 0 saturated heterocycles. The predicted molar refractivity (Wildman–Crippen MR) is 99.4 cm³/mol. The summed E-state index contributed by atoms with van der Waals surface area (Å²) in [6.07, 6.45) is 0. The summed E-state index contributed by atoms with van der Waals surface area (Å²) in [5, 5.41) is 9.63. The minimum atomic E-state index is -1.02. The normalized spacial score (nSPS) is 11.9. The van der Waals surface area contributed by atoms with Crippen molar-refractivity contribution >= 4 is 5.78 Å². The van der Waals surface area contributed by atoms with Crippen molar-refractivity contribution in [2.75, 3.05) is 0 Å². The number of benzene rings is 1. The lowest BCUT2D eigenvalue weighted by atomic mass is 9.95. The summed E-state index contributed by atoms with van der Waals surface area (Å²) in [4.78, 5) is 21.6. The van der Waals surface area contributed by atoms with E-state index in [2.05, 4.69) is 16.0 Å². The van der Waals surface area contributed by atoms with Gasteiger partial charge in [0, 0.05) is 28.3 Å². The molecule has 0 fully saturated rings. The molecule has 2 aromatic heterocycles. The van der Waals surface area contributed by atoms with Gasteiger partial charge in [-0.2, -0.15) is 5.26 Å². The molecule has 0 N–H and O–H groups in total. The SMILES string of the molecule is Cc1cc([C@H](C#N)C(=O)c2cc(C)n(-c3cccc(F)c3)c2C)nc(C)n1. The van der Waals surface area contributed by atoms with E-state index in [1.54, 1.807) is 49.6 Å². The molecule has 136 valence electrons. The van der Waals surface area contributed by atoms with E-state index in [-0.39, 0.29) is 11.6 Å². The Labute approximate surface area is 157 Å². The van der Waals surface area contributed by atoms with Crippen molar-refractivity contribution in [3.8, 4) is 11.8 Å². The van der Waals surface area contributed by atoms with Gasteiger partial charge in [-0.25, -0.2) is 14.4 Å². The van der Waals surface area contributed by atoms with Crippen molar-refractivity contribution < 1.29 is 9.18 Å². The second-order valence-electron chi connectivity index (χ2n) is 6.51. The van der Waals surface area contributed by atoms with Gasteiger partial charge in [0.1, 0.15) is 11.6 Å². The highest BCUT2D eigenvalue weighted by atomic mass is 19.1. The van der Waals surface area contributed by atoms with Crippen LogP contribution in [0.3, 0.4) is 0 Å². The highest BCUT2D eigenvalue weighted by Gasteiger charge is 2.27. The second kappa shape index (κ2) is 7.12. The lowest BCUT2D eigenvalue weighted by Gasteiger charge is -2.11. The van der Waals surface area contributed by atoms with E-state index < -0.39 is 5.92 Å². The van der Waals surface area contributed by atoms with Gasteiger partial charge in [-0.3, -0.25) is 4.79 Å². The van der Waals surface area contributed by atoms with Gasteiger partial charge in [-0.05, 0) is 58.0 Å². The van der Waals surface area contributed by atoms with Crippen molar-refractivity contribution in [2.45, 2.75) is 33.6 Å². The molecule has 1 atom stereocenters. The molecule has 0 bridgehead atoms. The highest BCUT2D eigenvalue weighted by Crippen LogP contribution is 2.26. The first-order valence-electron chi connectivity index (χ1n) is 8.52. The molecule has 0 unspecified atom stereocenters. The van der Waals surface area contributed by atoms with Gasteiger partial charge >= 0.3 is 0 Å². The molecule has 3 aromatic rings. The largest absolute Gasteiger partial charge is 0.318 e. The Balaban J connectivity index is 2.07. The zero-order valence-corrected chi connectivity index (χ0v) is 15.6. The van der Waals surface area contributed by atoms with Crippen molar-refractivity contribution in [1.82, 2.24) is 14.5 Å². The first-order valence-corrected chi connectivity index (χ1v) is 8.52. The molecule has 0 amide bonds. The van der Waals surface area contributed by atoms with Gasteiger partial charge < -0.3 is 4.57 Å². The molecule has 1 aromatic carbocycles. The lowest BCUT2D eigenvalue weighted by molar-refractivity contribution is 0.0977. The fourth-order valence-corrected chi connectivity index (χ4v) is 3.33. The van der Waals surface area contributed by atoms with Gasteiger partial charge in [0.15, 0.2) is 11.7 Å². The maximum atomic E-state index is 13.6. The van der Waals surface area contributed by atoms with E-state index in [0.29, 0.717) is 34.2 Å². The van der Waals surface area contributed by atoms with Crippen LogP contribution in [0.1, 0.15) is 44.9 Å². The number of carbonyl (C=O) groups is 1. The number of hydrogen-bond donors (Lipinski definition) is 0. The smallest absolute Gasteiger partial charge is 0.187 e.